The fourth-order valence-electron chi connectivity index (χ4n) is 1.85. The van der Waals surface area contributed by atoms with Crippen molar-refractivity contribution in [1.29, 1.82) is 0 Å². The van der Waals surface area contributed by atoms with Crippen LogP contribution >= 0.6 is 15.9 Å². The largest absolute Gasteiger partial charge is 0.396 e. The summed E-state index contributed by atoms with van der Waals surface area (Å²) in [5, 5.41) is 9.45. The smallest absolute Gasteiger partial charge is 0.127 e. The Morgan fingerprint density at radius 3 is 2.38 bits per heavy atom. The van der Waals surface area contributed by atoms with Gasteiger partial charge in [-0.15, -0.1) is 0 Å². The Labute approximate surface area is 105 Å². The van der Waals surface area contributed by atoms with Gasteiger partial charge in [-0.3, -0.25) is 0 Å². The van der Waals surface area contributed by atoms with Crippen molar-refractivity contribution in [3.8, 4) is 0 Å². The summed E-state index contributed by atoms with van der Waals surface area (Å²) in [7, 11) is 0. The summed E-state index contributed by atoms with van der Waals surface area (Å²) >= 11 is 3.24. The zero-order valence-corrected chi connectivity index (χ0v) is 11.3. The Bertz CT molecular complexity index is 340. The van der Waals surface area contributed by atoms with Crippen LogP contribution in [0.4, 0.5) is 4.39 Å². The number of benzene rings is 1. The normalized spacial score (nSPS) is 11.8. The standard InChI is InChI=1S/C13H18BrFO/c1-3-13(4-2,9-16)8-10-5-6-11(14)7-12(10)15/h5-7,16H,3-4,8-9H2,1-2H3. The third kappa shape index (κ3) is 3.05. The van der Waals surface area contributed by atoms with Gasteiger partial charge in [0.15, 0.2) is 0 Å². The van der Waals surface area contributed by atoms with Crippen molar-refractivity contribution in [3.63, 3.8) is 0 Å². The molecular formula is C13H18BrFO. The minimum absolute atomic E-state index is 0.107. The van der Waals surface area contributed by atoms with Crippen molar-refractivity contribution >= 4 is 15.9 Å². The number of halogens is 2. The van der Waals surface area contributed by atoms with Gasteiger partial charge in [-0.2, -0.15) is 0 Å². The highest BCUT2D eigenvalue weighted by Crippen LogP contribution is 2.31. The van der Waals surface area contributed by atoms with Crippen LogP contribution in [-0.2, 0) is 6.42 Å². The first-order valence-corrected chi connectivity index (χ1v) is 6.41. The molecule has 0 heterocycles. The van der Waals surface area contributed by atoms with Crippen LogP contribution in [0.3, 0.4) is 0 Å². The molecule has 1 aromatic rings. The first-order valence-electron chi connectivity index (χ1n) is 5.61. The van der Waals surface area contributed by atoms with E-state index < -0.39 is 0 Å². The molecule has 1 rings (SSSR count). The zero-order valence-electron chi connectivity index (χ0n) is 9.76. The minimum atomic E-state index is -0.200. The van der Waals surface area contributed by atoms with Crippen LogP contribution in [-0.4, -0.2) is 11.7 Å². The Kier molecular flexibility index (Phi) is 4.93. The van der Waals surface area contributed by atoms with Crippen molar-refractivity contribution in [3.05, 3.63) is 34.1 Å². The minimum Gasteiger partial charge on any atom is -0.396 e. The van der Waals surface area contributed by atoms with Crippen LogP contribution in [0.5, 0.6) is 0 Å². The molecule has 3 heteroatoms. The third-order valence-corrected chi connectivity index (χ3v) is 3.91. The molecule has 16 heavy (non-hydrogen) atoms. The Morgan fingerprint density at radius 2 is 1.94 bits per heavy atom. The van der Waals surface area contributed by atoms with Crippen molar-refractivity contribution in [2.75, 3.05) is 6.61 Å². The Hall–Kier alpha value is -0.410. The van der Waals surface area contributed by atoms with Crippen LogP contribution in [0.25, 0.3) is 0 Å². The van der Waals surface area contributed by atoms with E-state index >= 15 is 0 Å². The fourth-order valence-corrected chi connectivity index (χ4v) is 2.18. The van der Waals surface area contributed by atoms with Gasteiger partial charge in [-0.25, -0.2) is 4.39 Å². The van der Waals surface area contributed by atoms with E-state index in [1.165, 1.54) is 6.07 Å². The van der Waals surface area contributed by atoms with Gasteiger partial charge in [-0.05, 0) is 42.4 Å². The van der Waals surface area contributed by atoms with Crippen LogP contribution in [0.15, 0.2) is 22.7 Å². The molecule has 0 radical (unpaired) electrons. The lowest BCUT2D eigenvalue weighted by Crippen LogP contribution is -2.27. The second-order valence-corrected chi connectivity index (χ2v) is 5.19. The zero-order chi connectivity index (χ0) is 12.2. The van der Waals surface area contributed by atoms with Gasteiger partial charge in [0, 0.05) is 11.1 Å². The lowest BCUT2D eigenvalue weighted by atomic mass is 9.77. The third-order valence-electron chi connectivity index (χ3n) is 3.42. The highest BCUT2D eigenvalue weighted by molar-refractivity contribution is 9.10. The predicted molar refractivity (Wildman–Crippen MR) is 67.9 cm³/mol. The summed E-state index contributed by atoms with van der Waals surface area (Å²) in [4.78, 5) is 0. The molecule has 90 valence electrons. The number of hydrogen-bond acceptors (Lipinski definition) is 1. The van der Waals surface area contributed by atoms with Crippen LogP contribution < -0.4 is 0 Å². The maximum atomic E-state index is 13.7. The molecular weight excluding hydrogens is 271 g/mol. The fraction of sp³-hybridized carbons (Fsp3) is 0.538. The van der Waals surface area contributed by atoms with Gasteiger partial charge in [0.1, 0.15) is 5.82 Å². The molecule has 0 aliphatic heterocycles. The maximum Gasteiger partial charge on any atom is 0.127 e. The van der Waals surface area contributed by atoms with Crippen LogP contribution in [0.1, 0.15) is 32.3 Å². The monoisotopic (exact) mass is 288 g/mol. The van der Waals surface area contributed by atoms with Crippen molar-refractivity contribution < 1.29 is 9.50 Å². The van der Waals surface area contributed by atoms with Gasteiger partial charge in [-0.1, -0.05) is 35.8 Å². The summed E-state index contributed by atoms with van der Waals surface area (Å²) in [6, 6.07) is 5.10. The van der Waals surface area contributed by atoms with E-state index in [-0.39, 0.29) is 17.8 Å². The van der Waals surface area contributed by atoms with Crippen molar-refractivity contribution in [2.24, 2.45) is 5.41 Å². The molecule has 0 aliphatic carbocycles. The van der Waals surface area contributed by atoms with Crippen LogP contribution in [0, 0.1) is 11.2 Å². The molecule has 1 aromatic carbocycles. The van der Waals surface area contributed by atoms with E-state index in [0.717, 1.165) is 17.3 Å². The van der Waals surface area contributed by atoms with E-state index in [1.807, 2.05) is 19.9 Å². The van der Waals surface area contributed by atoms with Crippen molar-refractivity contribution in [2.45, 2.75) is 33.1 Å². The Balaban J connectivity index is 2.93. The van der Waals surface area contributed by atoms with E-state index in [2.05, 4.69) is 15.9 Å². The molecule has 1 N–H and O–H groups in total. The first kappa shape index (κ1) is 13.7. The topological polar surface area (TPSA) is 20.2 Å². The van der Waals surface area contributed by atoms with Crippen LogP contribution in [0.2, 0.25) is 0 Å². The predicted octanol–water partition coefficient (Wildman–Crippen LogP) is 3.93. The van der Waals surface area contributed by atoms with Gasteiger partial charge in [0.25, 0.3) is 0 Å². The van der Waals surface area contributed by atoms with Gasteiger partial charge >= 0.3 is 0 Å². The Morgan fingerprint density at radius 1 is 1.31 bits per heavy atom. The average Bonchev–Trinajstić information content (AvgIpc) is 2.29. The summed E-state index contributed by atoms with van der Waals surface area (Å²) in [5.74, 6) is -0.200. The average molecular weight is 289 g/mol. The molecule has 0 saturated carbocycles. The molecule has 0 unspecified atom stereocenters. The SMILES string of the molecule is CCC(CC)(CO)Cc1ccc(Br)cc1F. The molecule has 0 amide bonds. The second kappa shape index (κ2) is 5.78. The molecule has 0 atom stereocenters. The quantitative estimate of drug-likeness (QED) is 0.870. The number of rotatable bonds is 5. The molecule has 0 aromatic heterocycles. The molecule has 0 spiro atoms. The summed E-state index contributed by atoms with van der Waals surface area (Å²) in [6.07, 6.45) is 2.31. The van der Waals surface area contributed by atoms with E-state index in [1.54, 1.807) is 6.07 Å². The van der Waals surface area contributed by atoms with Gasteiger partial charge in [0.05, 0.1) is 0 Å². The molecule has 0 bridgehead atoms. The maximum absolute atomic E-state index is 13.7. The highest BCUT2D eigenvalue weighted by atomic mass is 79.9. The van der Waals surface area contributed by atoms with Gasteiger partial charge in [0.2, 0.25) is 0 Å². The molecule has 0 fully saturated rings. The lowest BCUT2D eigenvalue weighted by molar-refractivity contribution is 0.114. The highest BCUT2D eigenvalue weighted by Gasteiger charge is 2.26. The van der Waals surface area contributed by atoms with Crippen molar-refractivity contribution in [1.82, 2.24) is 0 Å². The lowest BCUT2D eigenvalue weighted by Gasteiger charge is -2.29. The van der Waals surface area contributed by atoms with E-state index in [0.29, 0.717) is 12.0 Å². The van der Waals surface area contributed by atoms with Gasteiger partial charge < -0.3 is 5.11 Å². The molecule has 0 aliphatic rings. The summed E-state index contributed by atoms with van der Waals surface area (Å²) in [5.41, 5.74) is 0.496. The molecule has 0 saturated heterocycles. The number of hydrogen-bond donors (Lipinski definition) is 1. The molecule has 1 nitrogen and oxygen atoms in total. The second-order valence-electron chi connectivity index (χ2n) is 4.28. The summed E-state index contributed by atoms with van der Waals surface area (Å²) in [6.45, 7) is 4.18. The van der Waals surface area contributed by atoms with E-state index in [4.69, 9.17) is 0 Å². The van der Waals surface area contributed by atoms with E-state index in [9.17, 15) is 9.50 Å². The summed E-state index contributed by atoms with van der Waals surface area (Å²) < 4.78 is 14.4. The first-order chi connectivity index (χ1) is 7.56. The number of aliphatic hydroxyl groups excluding tert-OH is 1. The number of aliphatic hydroxyl groups is 1.